The van der Waals surface area contributed by atoms with E-state index in [4.69, 9.17) is 25.5 Å². The van der Waals surface area contributed by atoms with E-state index in [1.54, 1.807) is 0 Å². The second kappa shape index (κ2) is 24.4. The Morgan fingerprint density at radius 1 is 1.12 bits per heavy atom. The Bertz CT molecular complexity index is 145. The number of alkyl halides is 2. The minimum Gasteiger partial charge on any atom is -0.549 e. The zero-order valence-electron chi connectivity index (χ0n) is 8.82. The van der Waals surface area contributed by atoms with E-state index in [9.17, 15) is 0 Å². The molecule has 0 atom stereocenters. The largest absolute Gasteiger partial charge is 2.00 e. The van der Waals surface area contributed by atoms with Gasteiger partial charge in [-0.25, -0.2) is 0 Å². The van der Waals surface area contributed by atoms with Gasteiger partial charge in [-0.1, -0.05) is 13.3 Å². The van der Waals surface area contributed by atoms with Gasteiger partial charge in [0.15, 0.2) is 0 Å². The molecule has 2 N–H and O–H groups in total. The van der Waals surface area contributed by atoms with Crippen molar-refractivity contribution < 1.29 is 40.9 Å². The number of nitrogens with two attached hydrogens (primary N) is 1. The van der Waals surface area contributed by atoms with Gasteiger partial charge >= 0.3 is 21.1 Å². The number of hydrogen-bond acceptors (Lipinski definition) is 5. The summed E-state index contributed by atoms with van der Waals surface area (Å²) < 4.78 is 0. The van der Waals surface area contributed by atoms with Crippen LogP contribution in [0, 0.1) is 0 Å². The number of carbonyl (C=O) groups is 2. The number of halogens is 2. The van der Waals surface area contributed by atoms with Crippen molar-refractivity contribution in [3.05, 3.63) is 0 Å². The first-order valence-corrected chi connectivity index (χ1v) is 5.24. The van der Waals surface area contributed by atoms with E-state index in [1.165, 1.54) is 12.8 Å². The average Bonchev–Trinajstić information content (AvgIpc) is 2.20. The van der Waals surface area contributed by atoms with Crippen LogP contribution in [0.2, 0.25) is 0 Å². The molecule has 16 heavy (non-hydrogen) atoms. The van der Waals surface area contributed by atoms with Gasteiger partial charge in [-0.15, -0.1) is 23.2 Å². The predicted octanol–water partition coefficient (Wildman–Crippen LogP) is -1.31. The average molecular weight is 455 g/mol. The molecule has 100 valence electrons. The molecular weight excluding hydrogens is 440 g/mol. The third-order valence-electron chi connectivity index (χ3n) is 0.776. The summed E-state index contributed by atoms with van der Waals surface area (Å²) in [5, 5.41) is 18.2. The van der Waals surface area contributed by atoms with E-state index in [1.807, 2.05) is 0 Å². The van der Waals surface area contributed by atoms with Crippen LogP contribution in [0.4, 0.5) is 0 Å². The Labute approximate surface area is 120 Å². The maximum absolute atomic E-state index is 9.12. The van der Waals surface area contributed by atoms with Crippen LogP contribution < -0.4 is 15.9 Å². The Hall–Kier alpha value is 0.168. The zero-order chi connectivity index (χ0) is 12.7. The molecule has 0 aliphatic carbocycles. The van der Waals surface area contributed by atoms with Gasteiger partial charge in [0.05, 0.1) is 23.7 Å². The summed E-state index contributed by atoms with van der Waals surface area (Å²) in [6, 6.07) is 0. The van der Waals surface area contributed by atoms with Crippen LogP contribution in [-0.4, -0.2) is 30.2 Å². The quantitative estimate of drug-likeness (QED) is 0.531. The first kappa shape index (κ1) is 25.1. The van der Waals surface area contributed by atoms with Gasteiger partial charge in [0.2, 0.25) is 0 Å². The van der Waals surface area contributed by atoms with Crippen LogP contribution in [0.5, 0.6) is 0 Å². The molecule has 0 radical (unpaired) electrons. The van der Waals surface area contributed by atoms with Crippen molar-refractivity contribution in [2.75, 3.05) is 18.3 Å². The number of rotatable bonds is 4. The standard InChI is InChI=1S/C4H11N.2C2H3ClO2.Pt/c1-2-3-4-5;2*3-1-2(4)5;/h2-5H2,1H3;2*1H2,(H,4,5);/q;;;+2/p-2. The van der Waals surface area contributed by atoms with Crippen molar-refractivity contribution in [2.24, 2.45) is 5.73 Å². The molecule has 0 aliphatic rings. The van der Waals surface area contributed by atoms with Gasteiger partial charge in [0.25, 0.3) is 0 Å². The summed E-state index contributed by atoms with van der Waals surface area (Å²) in [6.45, 7) is 2.98. The van der Waals surface area contributed by atoms with Crippen LogP contribution in [0.3, 0.4) is 0 Å². The molecule has 0 heterocycles. The number of carboxylic acids is 2. The maximum atomic E-state index is 9.12. The molecule has 0 aromatic carbocycles. The second-order valence-electron chi connectivity index (χ2n) is 2.15. The zero-order valence-corrected chi connectivity index (χ0v) is 12.6. The normalized spacial score (nSPS) is 7.25. The first-order valence-electron chi connectivity index (χ1n) is 4.17. The minimum atomic E-state index is -1.23. The van der Waals surface area contributed by atoms with Crippen LogP contribution >= 0.6 is 23.2 Å². The van der Waals surface area contributed by atoms with Crippen molar-refractivity contribution in [3.8, 4) is 0 Å². The number of hydrogen-bond donors (Lipinski definition) is 1. The van der Waals surface area contributed by atoms with Crippen molar-refractivity contribution in [3.63, 3.8) is 0 Å². The topological polar surface area (TPSA) is 106 Å². The molecule has 0 saturated heterocycles. The van der Waals surface area contributed by atoms with Gasteiger partial charge in [0, 0.05) is 0 Å². The molecular formula is C8H15Cl2NO4Pt. The van der Waals surface area contributed by atoms with Crippen molar-refractivity contribution >= 4 is 35.1 Å². The van der Waals surface area contributed by atoms with Gasteiger partial charge < -0.3 is 25.5 Å². The monoisotopic (exact) mass is 454 g/mol. The van der Waals surface area contributed by atoms with Crippen LogP contribution in [-0.2, 0) is 30.7 Å². The number of carbonyl (C=O) groups excluding carboxylic acids is 2. The van der Waals surface area contributed by atoms with Crippen molar-refractivity contribution in [2.45, 2.75) is 19.8 Å². The van der Waals surface area contributed by atoms with E-state index in [0.29, 0.717) is 0 Å². The Morgan fingerprint density at radius 2 is 1.38 bits per heavy atom. The van der Waals surface area contributed by atoms with E-state index >= 15 is 0 Å². The molecule has 8 heteroatoms. The third kappa shape index (κ3) is 64.6. The molecule has 0 aliphatic heterocycles. The van der Waals surface area contributed by atoms with E-state index in [2.05, 4.69) is 30.1 Å². The summed E-state index contributed by atoms with van der Waals surface area (Å²) >= 11 is 9.35. The van der Waals surface area contributed by atoms with Crippen molar-refractivity contribution in [1.82, 2.24) is 0 Å². The minimum absolute atomic E-state index is 0. The first-order chi connectivity index (χ1) is 6.95. The predicted molar refractivity (Wildman–Crippen MR) is 55.4 cm³/mol. The van der Waals surface area contributed by atoms with E-state index < -0.39 is 23.7 Å². The van der Waals surface area contributed by atoms with E-state index in [0.717, 1.165) is 6.54 Å². The molecule has 0 aromatic heterocycles. The van der Waals surface area contributed by atoms with E-state index in [-0.39, 0.29) is 21.1 Å². The van der Waals surface area contributed by atoms with Gasteiger partial charge in [0.1, 0.15) is 0 Å². The third-order valence-corrected chi connectivity index (χ3v) is 1.21. The Morgan fingerprint density at radius 3 is 1.38 bits per heavy atom. The Kier molecular flexibility index (Phi) is 38.3. The Balaban J connectivity index is -0.0000000655. The summed E-state index contributed by atoms with van der Waals surface area (Å²) in [6.07, 6.45) is 2.39. The summed E-state index contributed by atoms with van der Waals surface area (Å²) in [5.41, 5.74) is 5.14. The SMILES string of the molecule is CCCCN.O=C([O-])CCl.O=C([O-])CCl.[Pt+2]. The number of aliphatic carboxylic acids is 2. The summed E-state index contributed by atoms with van der Waals surface area (Å²) in [5.74, 6) is -3.29. The fourth-order valence-electron chi connectivity index (χ4n) is 0.204. The number of carboxylic acid groups (broad SMARTS) is 2. The molecule has 0 saturated carbocycles. The number of unbranched alkanes of at least 4 members (excludes halogenated alkanes) is 1. The fourth-order valence-corrected chi connectivity index (χ4v) is 0.204. The molecule has 0 spiro atoms. The fraction of sp³-hybridized carbons (Fsp3) is 0.750. The second-order valence-corrected chi connectivity index (χ2v) is 2.69. The van der Waals surface area contributed by atoms with Gasteiger partial charge in [-0.05, 0) is 13.0 Å². The molecule has 5 nitrogen and oxygen atoms in total. The van der Waals surface area contributed by atoms with Gasteiger partial charge in [-0.2, -0.15) is 0 Å². The molecule has 0 aromatic rings. The van der Waals surface area contributed by atoms with Crippen LogP contribution in [0.15, 0.2) is 0 Å². The van der Waals surface area contributed by atoms with Crippen LogP contribution in [0.25, 0.3) is 0 Å². The van der Waals surface area contributed by atoms with Gasteiger partial charge in [-0.3, -0.25) is 0 Å². The molecule has 0 rings (SSSR count). The molecule has 0 fully saturated rings. The molecule has 0 unspecified atom stereocenters. The van der Waals surface area contributed by atoms with Crippen molar-refractivity contribution in [1.29, 1.82) is 0 Å². The van der Waals surface area contributed by atoms with Crippen LogP contribution in [0.1, 0.15) is 19.8 Å². The summed E-state index contributed by atoms with van der Waals surface area (Å²) in [4.78, 5) is 18.2. The smallest absolute Gasteiger partial charge is 0.549 e. The summed E-state index contributed by atoms with van der Waals surface area (Å²) in [7, 11) is 0. The molecule has 0 bridgehead atoms. The maximum Gasteiger partial charge on any atom is 2.00 e. The molecule has 0 amide bonds.